The fourth-order valence-electron chi connectivity index (χ4n) is 1.68. The Hall–Kier alpha value is -1.77. The molecule has 0 amide bonds. The lowest BCUT2D eigenvalue weighted by molar-refractivity contribution is 0.439. The van der Waals surface area contributed by atoms with E-state index in [0.717, 1.165) is 17.7 Å². The van der Waals surface area contributed by atoms with E-state index in [-0.39, 0.29) is 0 Å². The van der Waals surface area contributed by atoms with Crippen LogP contribution in [0, 0.1) is 6.92 Å². The lowest BCUT2D eigenvalue weighted by Gasteiger charge is -2.04. The summed E-state index contributed by atoms with van der Waals surface area (Å²) in [6.07, 6.45) is 1.05. The van der Waals surface area contributed by atoms with Gasteiger partial charge in [0.15, 0.2) is 0 Å². The van der Waals surface area contributed by atoms with Gasteiger partial charge in [0.1, 0.15) is 5.69 Å². The van der Waals surface area contributed by atoms with Gasteiger partial charge in [0.2, 0.25) is 5.88 Å². The standard InChI is InChI=1S/C12H14N2O/c1-3-9-4-5-10(6-8(9)2)11-7-12(13)15-14-11/h4-7H,3,13H2,1-2H3. The number of anilines is 1. The van der Waals surface area contributed by atoms with Crippen LogP contribution in [0.25, 0.3) is 11.3 Å². The van der Waals surface area contributed by atoms with Crippen LogP contribution in [-0.4, -0.2) is 5.16 Å². The van der Waals surface area contributed by atoms with E-state index in [1.54, 1.807) is 6.07 Å². The molecule has 0 aliphatic heterocycles. The quantitative estimate of drug-likeness (QED) is 0.814. The molecule has 0 saturated heterocycles. The van der Waals surface area contributed by atoms with Crippen LogP contribution in [0.2, 0.25) is 0 Å². The lowest BCUT2D eigenvalue weighted by atomic mass is 10.0. The van der Waals surface area contributed by atoms with Crippen molar-refractivity contribution in [3.05, 3.63) is 35.4 Å². The summed E-state index contributed by atoms with van der Waals surface area (Å²) in [6.45, 7) is 4.25. The Bertz CT molecular complexity index is 474. The van der Waals surface area contributed by atoms with Crippen LogP contribution in [0.1, 0.15) is 18.1 Å². The van der Waals surface area contributed by atoms with Crippen molar-refractivity contribution < 1.29 is 4.52 Å². The largest absolute Gasteiger partial charge is 0.368 e. The van der Waals surface area contributed by atoms with E-state index in [1.807, 2.05) is 6.07 Å². The van der Waals surface area contributed by atoms with Crippen LogP contribution in [-0.2, 0) is 6.42 Å². The van der Waals surface area contributed by atoms with Crippen LogP contribution in [0.5, 0.6) is 0 Å². The molecule has 0 unspecified atom stereocenters. The zero-order chi connectivity index (χ0) is 10.8. The molecule has 1 aromatic carbocycles. The van der Waals surface area contributed by atoms with E-state index in [2.05, 4.69) is 31.1 Å². The summed E-state index contributed by atoms with van der Waals surface area (Å²) >= 11 is 0. The van der Waals surface area contributed by atoms with Crippen LogP contribution in [0.3, 0.4) is 0 Å². The molecule has 0 aliphatic rings. The van der Waals surface area contributed by atoms with Crippen molar-refractivity contribution >= 4 is 5.88 Å². The van der Waals surface area contributed by atoms with Crippen LogP contribution >= 0.6 is 0 Å². The van der Waals surface area contributed by atoms with Gasteiger partial charge in [0.25, 0.3) is 0 Å². The predicted molar refractivity (Wildman–Crippen MR) is 60.5 cm³/mol. The molecule has 0 fully saturated rings. The van der Waals surface area contributed by atoms with E-state index < -0.39 is 0 Å². The van der Waals surface area contributed by atoms with E-state index >= 15 is 0 Å². The van der Waals surface area contributed by atoms with E-state index in [9.17, 15) is 0 Å². The number of hydrogen-bond donors (Lipinski definition) is 1. The van der Waals surface area contributed by atoms with Gasteiger partial charge >= 0.3 is 0 Å². The van der Waals surface area contributed by atoms with Crippen LogP contribution in [0.4, 0.5) is 5.88 Å². The molecule has 1 aromatic heterocycles. The third kappa shape index (κ3) is 1.86. The third-order valence-corrected chi connectivity index (χ3v) is 2.55. The molecule has 3 heteroatoms. The maximum atomic E-state index is 5.48. The Labute approximate surface area is 88.9 Å². The zero-order valence-electron chi connectivity index (χ0n) is 8.95. The summed E-state index contributed by atoms with van der Waals surface area (Å²) < 4.78 is 4.84. The highest BCUT2D eigenvalue weighted by atomic mass is 16.5. The number of benzene rings is 1. The van der Waals surface area contributed by atoms with Gasteiger partial charge in [0.05, 0.1) is 0 Å². The third-order valence-electron chi connectivity index (χ3n) is 2.55. The Morgan fingerprint density at radius 3 is 2.67 bits per heavy atom. The number of aryl methyl sites for hydroxylation is 2. The first-order chi connectivity index (χ1) is 7.20. The molecule has 0 aliphatic carbocycles. The van der Waals surface area contributed by atoms with Gasteiger partial charge in [0, 0.05) is 11.6 Å². The van der Waals surface area contributed by atoms with Crippen molar-refractivity contribution in [2.24, 2.45) is 0 Å². The number of rotatable bonds is 2. The Kier molecular flexibility index (Phi) is 2.46. The molecule has 3 nitrogen and oxygen atoms in total. The first-order valence-electron chi connectivity index (χ1n) is 5.03. The SMILES string of the molecule is CCc1ccc(-c2cc(N)on2)cc1C. The van der Waals surface area contributed by atoms with Crippen molar-refractivity contribution in [1.29, 1.82) is 0 Å². The molecule has 2 aromatic rings. The molecule has 0 bridgehead atoms. The van der Waals surface area contributed by atoms with Crippen molar-refractivity contribution in [2.75, 3.05) is 5.73 Å². The summed E-state index contributed by atoms with van der Waals surface area (Å²) in [6, 6.07) is 8.01. The lowest BCUT2D eigenvalue weighted by Crippen LogP contribution is -1.87. The van der Waals surface area contributed by atoms with Crippen molar-refractivity contribution in [1.82, 2.24) is 5.16 Å². The summed E-state index contributed by atoms with van der Waals surface area (Å²) in [7, 11) is 0. The molecule has 0 spiro atoms. The normalized spacial score (nSPS) is 10.5. The molecule has 2 rings (SSSR count). The summed E-state index contributed by atoms with van der Waals surface area (Å²) in [4.78, 5) is 0. The topological polar surface area (TPSA) is 52.0 Å². The van der Waals surface area contributed by atoms with Gasteiger partial charge in [-0.05, 0) is 30.5 Å². The number of nitrogens with two attached hydrogens (primary N) is 1. The van der Waals surface area contributed by atoms with Crippen molar-refractivity contribution in [2.45, 2.75) is 20.3 Å². The molecule has 0 atom stereocenters. The minimum absolute atomic E-state index is 0.349. The average Bonchev–Trinajstić information content (AvgIpc) is 2.65. The van der Waals surface area contributed by atoms with Gasteiger partial charge < -0.3 is 10.3 Å². The summed E-state index contributed by atoms with van der Waals surface area (Å²) in [5, 5.41) is 3.88. The monoisotopic (exact) mass is 202 g/mol. The second-order valence-electron chi connectivity index (χ2n) is 3.61. The fourth-order valence-corrected chi connectivity index (χ4v) is 1.68. The molecule has 1 heterocycles. The minimum atomic E-state index is 0.349. The number of nitrogens with zero attached hydrogens (tertiary/aromatic N) is 1. The average molecular weight is 202 g/mol. The molecular formula is C12H14N2O. The highest BCUT2D eigenvalue weighted by Crippen LogP contribution is 2.22. The van der Waals surface area contributed by atoms with E-state index in [4.69, 9.17) is 10.3 Å². The highest BCUT2D eigenvalue weighted by Gasteiger charge is 2.05. The Morgan fingerprint density at radius 1 is 1.33 bits per heavy atom. The zero-order valence-corrected chi connectivity index (χ0v) is 8.95. The van der Waals surface area contributed by atoms with Crippen LogP contribution < -0.4 is 5.73 Å². The summed E-state index contributed by atoms with van der Waals surface area (Å²) in [5.74, 6) is 0.349. The maximum absolute atomic E-state index is 5.48. The van der Waals surface area contributed by atoms with E-state index in [0.29, 0.717) is 5.88 Å². The number of nitrogen functional groups attached to an aromatic ring is 1. The van der Waals surface area contributed by atoms with Gasteiger partial charge in [-0.2, -0.15) is 0 Å². The van der Waals surface area contributed by atoms with E-state index in [1.165, 1.54) is 11.1 Å². The van der Waals surface area contributed by atoms with Crippen molar-refractivity contribution in [3.8, 4) is 11.3 Å². The molecular weight excluding hydrogens is 188 g/mol. The van der Waals surface area contributed by atoms with Gasteiger partial charge in [-0.25, -0.2) is 0 Å². The molecule has 15 heavy (non-hydrogen) atoms. The first-order valence-corrected chi connectivity index (χ1v) is 5.03. The van der Waals surface area contributed by atoms with Gasteiger partial charge in [-0.1, -0.05) is 24.2 Å². The Morgan fingerprint density at radius 2 is 2.13 bits per heavy atom. The van der Waals surface area contributed by atoms with Gasteiger partial charge in [-0.15, -0.1) is 0 Å². The Balaban J connectivity index is 2.42. The minimum Gasteiger partial charge on any atom is -0.368 e. The first kappa shape index (κ1) is 9.77. The van der Waals surface area contributed by atoms with Gasteiger partial charge in [-0.3, -0.25) is 0 Å². The fraction of sp³-hybridized carbons (Fsp3) is 0.250. The molecule has 0 radical (unpaired) electrons. The van der Waals surface area contributed by atoms with Crippen molar-refractivity contribution in [3.63, 3.8) is 0 Å². The number of aromatic nitrogens is 1. The molecule has 78 valence electrons. The summed E-state index contributed by atoms with van der Waals surface area (Å²) in [5.41, 5.74) is 9.95. The maximum Gasteiger partial charge on any atom is 0.222 e. The second kappa shape index (κ2) is 3.77. The number of hydrogen-bond acceptors (Lipinski definition) is 3. The smallest absolute Gasteiger partial charge is 0.222 e. The predicted octanol–water partition coefficient (Wildman–Crippen LogP) is 2.79. The molecule has 2 N–H and O–H groups in total. The second-order valence-corrected chi connectivity index (χ2v) is 3.61. The molecule has 0 saturated carbocycles. The van der Waals surface area contributed by atoms with Crippen LogP contribution in [0.15, 0.2) is 28.8 Å². The highest BCUT2D eigenvalue weighted by molar-refractivity contribution is 5.62.